The van der Waals surface area contributed by atoms with Gasteiger partial charge in [0.25, 0.3) is 0 Å². The van der Waals surface area contributed by atoms with Crippen molar-refractivity contribution in [1.82, 2.24) is 0 Å². The third kappa shape index (κ3) is 16.3. The number of unbranched alkanes of at least 4 members (excludes halogenated alkanes) is 24. The number of hydrogen-bond donors (Lipinski definition) is 0. The Labute approximate surface area is 501 Å². The molecule has 4 aliphatic rings. The quantitative estimate of drug-likeness (QED) is 0.0185. The van der Waals surface area contributed by atoms with Gasteiger partial charge in [-0.1, -0.05) is 259 Å². The van der Waals surface area contributed by atoms with Crippen molar-refractivity contribution >= 4 is 0 Å². The van der Waals surface area contributed by atoms with Crippen LogP contribution in [-0.2, 0) is 54.6 Å². The van der Waals surface area contributed by atoms with E-state index >= 15 is 0 Å². The summed E-state index contributed by atoms with van der Waals surface area (Å²) >= 11 is 0. The van der Waals surface area contributed by atoms with Gasteiger partial charge in [0, 0.05) is 25.7 Å². The first-order valence-corrected chi connectivity index (χ1v) is 33.9. The van der Waals surface area contributed by atoms with Crippen molar-refractivity contribution in [2.75, 3.05) is 26.4 Å². The van der Waals surface area contributed by atoms with Gasteiger partial charge < -0.3 is 33.3 Å². The first-order chi connectivity index (χ1) is 40.9. The highest BCUT2D eigenvalue weighted by Crippen LogP contribution is 2.72. The van der Waals surface area contributed by atoms with Crippen molar-refractivity contribution in [1.29, 1.82) is 0 Å². The topological polar surface area (TPSA) is 92.3 Å². The molecule has 83 heavy (non-hydrogen) atoms. The van der Waals surface area contributed by atoms with Gasteiger partial charge in [-0.3, -0.25) is 0 Å². The Bertz CT molecular complexity index is 2360. The van der Waals surface area contributed by atoms with E-state index in [-0.39, 0.29) is 13.0 Å². The van der Waals surface area contributed by atoms with Crippen molar-refractivity contribution in [2.45, 2.75) is 282 Å². The average Bonchev–Trinajstić information content (AvgIpc) is 1.42. The smallest absolute Gasteiger partial charge is 0.429 e. The molecular formula is C73H108O10. The summed E-state index contributed by atoms with van der Waals surface area (Å²) in [4.78, 5) is 27.9. The third-order valence-corrected chi connectivity index (χ3v) is 18.6. The van der Waals surface area contributed by atoms with Crippen LogP contribution >= 0.6 is 0 Å². The van der Waals surface area contributed by atoms with Crippen molar-refractivity contribution in [3.63, 3.8) is 0 Å². The van der Waals surface area contributed by atoms with Crippen LogP contribution in [0.15, 0.2) is 97.1 Å². The van der Waals surface area contributed by atoms with Gasteiger partial charge in [0.1, 0.15) is 22.8 Å². The molecule has 2 spiro atoms. The van der Waals surface area contributed by atoms with E-state index < -0.39 is 28.6 Å². The molecule has 4 unspecified atom stereocenters. The molecular weight excluding hydrogens is 1040 g/mol. The lowest BCUT2D eigenvalue weighted by Crippen LogP contribution is -2.90. The van der Waals surface area contributed by atoms with Gasteiger partial charge in [0.05, 0.1) is 26.4 Å². The van der Waals surface area contributed by atoms with Gasteiger partial charge in [-0.05, 0) is 97.9 Å². The maximum absolute atomic E-state index is 8.10. The fourth-order valence-electron chi connectivity index (χ4n) is 13.8. The summed E-state index contributed by atoms with van der Waals surface area (Å²) < 4.78 is 46.1. The van der Waals surface area contributed by atoms with Crippen LogP contribution in [0.4, 0.5) is 0 Å². The van der Waals surface area contributed by atoms with Crippen LogP contribution in [-0.4, -0.2) is 49.6 Å². The maximum atomic E-state index is 8.10. The molecule has 0 aliphatic carbocycles. The second-order valence-corrected chi connectivity index (χ2v) is 24.6. The lowest BCUT2D eigenvalue weighted by molar-refractivity contribution is -0.601. The van der Waals surface area contributed by atoms with E-state index in [1.807, 2.05) is 36.4 Å². The van der Waals surface area contributed by atoms with E-state index in [0.29, 0.717) is 56.3 Å². The molecule has 4 aliphatic heterocycles. The summed E-state index contributed by atoms with van der Waals surface area (Å²) in [6.07, 6.45) is 38.5. The van der Waals surface area contributed by atoms with Crippen molar-refractivity contribution in [2.24, 2.45) is 5.41 Å². The Kier molecular flexibility index (Phi) is 26.8. The van der Waals surface area contributed by atoms with Crippen LogP contribution in [0.25, 0.3) is 0 Å². The zero-order chi connectivity index (χ0) is 57.8. The highest BCUT2D eigenvalue weighted by atomic mass is 17.3. The average molecular weight is 1150 g/mol. The minimum absolute atomic E-state index is 0.227. The number of hydrogen-bond acceptors (Lipinski definition) is 10. The molecule has 4 atom stereocenters. The molecule has 10 heteroatoms. The van der Waals surface area contributed by atoms with Gasteiger partial charge in [-0.25, -0.2) is 4.89 Å². The number of para-hydroxylation sites is 4. The van der Waals surface area contributed by atoms with E-state index in [0.717, 1.165) is 105 Å². The van der Waals surface area contributed by atoms with Crippen LogP contribution < -0.4 is 19.1 Å². The van der Waals surface area contributed by atoms with Crippen LogP contribution in [0.5, 0.6) is 23.0 Å². The summed E-state index contributed by atoms with van der Waals surface area (Å²) in [5, 5.41) is 0. The van der Waals surface area contributed by atoms with E-state index in [9.17, 15) is 0 Å². The minimum Gasteiger partial charge on any atom is -0.461 e. The minimum atomic E-state index is -2.34. The maximum Gasteiger partial charge on any atom is 0.429 e. The van der Waals surface area contributed by atoms with Gasteiger partial charge in [-0.15, -0.1) is 0 Å². The molecule has 0 aromatic heterocycles. The molecule has 0 amide bonds. The van der Waals surface area contributed by atoms with Gasteiger partial charge >= 0.3 is 5.97 Å². The number of ether oxygens (including phenoxy) is 6. The largest absolute Gasteiger partial charge is 0.461 e. The summed E-state index contributed by atoms with van der Waals surface area (Å²) in [5.41, 5.74) is 1.26. The van der Waals surface area contributed by atoms with Crippen molar-refractivity contribution < 1.29 is 48.0 Å². The summed E-state index contributed by atoms with van der Waals surface area (Å²) in [7, 11) is 0. The highest BCUT2D eigenvalue weighted by Gasteiger charge is 2.94. The third-order valence-electron chi connectivity index (χ3n) is 18.6. The number of aryl methyl sites for hydroxylation is 4. The predicted molar refractivity (Wildman–Crippen MR) is 333 cm³/mol. The van der Waals surface area contributed by atoms with E-state index in [4.69, 9.17) is 48.0 Å². The van der Waals surface area contributed by atoms with E-state index in [1.165, 1.54) is 128 Å². The number of rotatable bonds is 43. The second-order valence-electron chi connectivity index (χ2n) is 24.6. The molecule has 8 rings (SSSR count). The molecule has 4 heterocycles. The van der Waals surface area contributed by atoms with Gasteiger partial charge in [0.2, 0.25) is 17.0 Å². The predicted octanol–water partition coefficient (Wildman–Crippen LogP) is 19.8. The summed E-state index contributed by atoms with van der Waals surface area (Å²) in [6, 6.07) is 33.5. The zero-order valence-corrected chi connectivity index (χ0v) is 52.1. The Morgan fingerprint density at radius 2 is 0.723 bits per heavy atom. The Balaban J connectivity index is 1.30. The first-order valence-electron chi connectivity index (χ1n) is 33.9. The van der Waals surface area contributed by atoms with E-state index in [1.54, 1.807) is 0 Å². The second kappa shape index (κ2) is 34.2. The molecule has 4 aromatic carbocycles. The number of benzene rings is 4. The fraction of sp³-hybridized carbons (Fsp3) is 0.671. The lowest BCUT2D eigenvalue weighted by atomic mass is 9.51. The summed E-state index contributed by atoms with van der Waals surface area (Å²) in [5.74, 6) is -3.13. The highest BCUT2D eigenvalue weighted by molar-refractivity contribution is 5.41. The first kappa shape index (κ1) is 64.8. The zero-order valence-electron chi connectivity index (χ0n) is 52.1. The molecule has 10 nitrogen and oxygen atoms in total. The normalized spacial score (nSPS) is 22.2. The Hall–Kier alpha value is -4.16. The van der Waals surface area contributed by atoms with Crippen LogP contribution in [0.1, 0.15) is 255 Å². The van der Waals surface area contributed by atoms with Gasteiger partial charge in [-0.2, -0.15) is 4.89 Å². The molecule has 0 bridgehead atoms. The van der Waals surface area contributed by atoms with Crippen LogP contribution in [0.3, 0.4) is 0 Å². The van der Waals surface area contributed by atoms with Crippen molar-refractivity contribution in [3.05, 3.63) is 119 Å². The molecule has 0 radical (unpaired) electrons. The monoisotopic (exact) mass is 1140 g/mol. The molecule has 4 aromatic rings. The lowest BCUT2D eigenvalue weighted by Gasteiger charge is -2.71. The van der Waals surface area contributed by atoms with Gasteiger partial charge in [0.15, 0.2) is 5.75 Å². The fourth-order valence-corrected chi connectivity index (χ4v) is 13.8. The van der Waals surface area contributed by atoms with E-state index in [2.05, 4.69) is 88.4 Å². The molecule has 0 N–H and O–H groups in total. The van der Waals surface area contributed by atoms with Crippen molar-refractivity contribution in [3.8, 4) is 23.0 Å². The van der Waals surface area contributed by atoms with Crippen LogP contribution in [0.2, 0.25) is 0 Å². The Morgan fingerprint density at radius 1 is 0.373 bits per heavy atom. The van der Waals surface area contributed by atoms with Crippen LogP contribution in [0, 0.1) is 5.41 Å². The summed E-state index contributed by atoms with van der Waals surface area (Å²) in [6.45, 7) is 10.5. The molecule has 0 saturated carbocycles. The molecule has 4 saturated heterocycles. The molecule has 4 fully saturated rings. The Morgan fingerprint density at radius 3 is 1.11 bits per heavy atom. The standard InChI is InChI=1S/C73H108O10/c1-5-9-13-17-21-25-29-41-61-45-33-37-49-65(61)78-70(55-59-75-70)72(69(53-57-74-69)54-58-76-71(72)56-60-77-82-71)73(79-66-50-38-34-46-62(66)42-30-26-22-18-14-10-6-2,80-67-51-39-35-47-63(67)43-31-27-23-19-15-11-7-3)83-81-68-52-40-36-48-64(68)44-32-28-24-20-16-12-8-4/h33-40,45-52H,5-32,41-44,53-60H2,1-4H3. The SMILES string of the molecule is CCCCCCCCCc1ccccc1OOC(Oc1ccccc1CCCCCCCCC)(Oc1ccccc1CCCCCCCCC)C1(C2(Oc3ccccc3CCCCCCCCC)CCO2)C2(CCO2)CCOC12CCOO2. The molecule has 460 valence electrons.